The predicted molar refractivity (Wildman–Crippen MR) is 169 cm³/mol. The SMILES string of the molecule is CCCCCCCCC1CC=C(c2ccc(-c3ccc([C@H]4CC[C@H](CCCCCC)CC4)cc3)cc2)CC1. The molecule has 0 aliphatic heterocycles. The normalized spacial score (nSPS) is 21.8. The van der Waals surface area contributed by atoms with Gasteiger partial charge in [0, 0.05) is 0 Å². The van der Waals surface area contributed by atoms with E-state index in [1.807, 2.05) is 0 Å². The highest BCUT2D eigenvalue weighted by Crippen LogP contribution is 2.39. The Kier molecular flexibility index (Phi) is 12.5. The maximum Gasteiger partial charge on any atom is -0.0162 e. The molecule has 0 nitrogen and oxygen atoms in total. The highest BCUT2D eigenvalue weighted by atomic mass is 14.3. The molecule has 0 bridgehead atoms. The molecule has 0 heterocycles. The minimum atomic E-state index is 0.779. The van der Waals surface area contributed by atoms with Crippen LogP contribution in [0.2, 0.25) is 0 Å². The van der Waals surface area contributed by atoms with Crippen molar-refractivity contribution in [2.24, 2.45) is 11.8 Å². The second-order valence-corrected chi connectivity index (χ2v) is 12.7. The molecule has 1 saturated carbocycles. The molecule has 1 fully saturated rings. The van der Waals surface area contributed by atoms with Crippen molar-refractivity contribution in [2.45, 2.75) is 142 Å². The van der Waals surface area contributed by atoms with Crippen LogP contribution in [0.4, 0.5) is 0 Å². The van der Waals surface area contributed by atoms with E-state index in [-0.39, 0.29) is 0 Å². The molecule has 2 aromatic carbocycles. The van der Waals surface area contributed by atoms with Crippen LogP contribution in [-0.4, -0.2) is 0 Å². The average Bonchev–Trinajstić information content (AvgIpc) is 2.98. The summed E-state index contributed by atoms with van der Waals surface area (Å²) < 4.78 is 0. The molecule has 208 valence electrons. The van der Waals surface area contributed by atoms with Gasteiger partial charge in [-0.05, 0) is 90.5 Å². The van der Waals surface area contributed by atoms with Gasteiger partial charge in [0.25, 0.3) is 0 Å². The quantitative estimate of drug-likeness (QED) is 0.208. The molecule has 0 N–H and O–H groups in total. The summed E-state index contributed by atoms with van der Waals surface area (Å²) in [4.78, 5) is 0. The fourth-order valence-corrected chi connectivity index (χ4v) is 7.09. The predicted octanol–water partition coefficient (Wildman–Crippen LogP) is 12.5. The Hall–Kier alpha value is -1.82. The average molecular weight is 513 g/mol. The van der Waals surface area contributed by atoms with Crippen LogP contribution in [0.1, 0.15) is 153 Å². The summed E-state index contributed by atoms with van der Waals surface area (Å²) in [5, 5.41) is 0. The van der Waals surface area contributed by atoms with Crippen LogP contribution in [0.3, 0.4) is 0 Å². The van der Waals surface area contributed by atoms with E-state index < -0.39 is 0 Å². The van der Waals surface area contributed by atoms with Crippen LogP contribution >= 0.6 is 0 Å². The first kappa shape index (κ1) is 29.2. The molecule has 1 atom stereocenters. The lowest BCUT2D eigenvalue weighted by atomic mass is 9.77. The second kappa shape index (κ2) is 16.3. The standard InChI is InChI=1S/C38H56/c1-3-5-7-9-10-12-14-32-17-21-34(22-18-32)36-25-29-38(30-26-36)37-27-23-35(24-28-37)33-19-15-31(16-20-33)13-11-8-6-4-2/h21,23-33H,3-20,22H2,1-2H3/t31-,32?,33-. The molecule has 0 saturated heterocycles. The van der Waals surface area contributed by atoms with Gasteiger partial charge >= 0.3 is 0 Å². The second-order valence-electron chi connectivity index (χ2n) is 12.7. The largest absolute Gasteiger partial charge is 0.0804 e. The smallest absolute Gasteiger partial charge is 0.0162 e. The summed E-state index contributed by atoms with van der Waals surface area (Å²) in [6, 6.07) is 19.0. The minimum Gasteiger partial charge on any atom is -0.0804 e. The van der Waals surface area contributed by atoms with Crippen molar-refractivity contribution in [2.75, 3.05) is 0 Å². The summed E-state index contributed by atoms with van der Waals surface area (Å²) in [6.45, 7) is 4.62. The van der Waals surface area contributed by atoms with Gasteiger partial charge in [0.15, 0.2) is 0 Å². The third-order valence-electron chi connectivity index (χ3n) is 9.77. The molecule has 2 aliphatic rings. The molecule has 1 unspecified atom stereocenters. The van der Waals surface area contributed by atoms with E-state index in [0.717, 1.165) is 17.8 Å². The number of allylic oxidation sites excluding steroid dienone is 2. The molecule has 0 heteroatoms. The molecule has 0 amide bonds. The fraction of sp³-hybridized carbons (Fsp3) is 0.632. The Bertz CT molecular complexity index is 923. The number of hydrogen-bond acceptors (Lipinski definition) is 0. The van der Waals surface area contributed by atoms with E-state index in [9.17, 15) is 0 Å². The van der Waals surface area contributed by atoms with Crippen LogP contribution in [-0.2, 0) is 0 Å². The van der Waals surface area contributed by atoms with E-state index in [4.69, 9.17) is 0 Å². The number of benzene rings is 2. The zero-order chi connectivity index (χ0) is 26.4. The van der Waals surface area contributed by atoms with Gasteiger partial charge in [0.2, 0.25) is 0 Å². The van der Waals surface area contributed by atoms with Crippen molar-refractivity contribution in [1.82, 2.24) is 0 Å². The summed E-state index contributed by atoms with van der Waals surface area (Å²) in [7, 11) is 0. The number of hydrogen-bond donors (Lipinski definition) is 0. The molecule has 0 radical (unpaired) electrons. The van der Waals surface area contributed by atoms with Crippen LogP contribution < -0.4 is 0 Å². The maximum absolute atomic E-state index is 2.55. The zero-order valence-electron chi connectivity index (χ0n) is 24.9. The monoisotopic (exact) mass is 512 g/mol. The first-order valence-corrected chi connectivity index (χ1v) is 16.7. The Balaban J connectivity index is 1.21. The molecule has 0 aromatic heterocycles. The van der Waals surface area contributed by atoms with Crippen molar-refractivity contribution in [1.29, 1.82) is 0 Å². The van der Waals surface area contributed by atoms with Gasteiger partial charge in [-0.3, -0.25) is 0 Å². The molecular formula is C38H56. The molecule has 38 heavy (non-hydrogen) atoms. The highest BCUT2D eigenvalue weighted by molar-refractivity contribution is 5.71. The number of rotatable bonds is 15. The summed E-state index contributed by atoms with van der Waals surface area (Å²) in [5.74, 6) is 2.69. The summed E-state index contributed by atoms with van der Waals surface area (Å²) in [6.07, 6.45) is 29.2. The Morgan fingerprint density at radius 2 is 1.05 bits per heavy atom. The zero-order valence-corrected chi connectivity index (χ0v) is 24.9. The van der Waals surface area contributed by atoms with Gasteiger partial charge in [-0.2, -0.15) is 0 Å². The van der Waals surface area contributed by atoms with Gasteiger partial charge in [0.05, 0.1) is 0 Å². The Labute approximate surface area is 235 Å². The lowest BCUT2D eigenvalue weighted by Gasteiger charge is -2.29. The van der Waals surface area contributed by atoms with E-state index >= 15 is 0 Å². The molecule has 2 aliphatic carbocycles. The fourth-order valence-electron chi connectivity index (χ4n) is 7.09. The number of unbranched alkanes of at least 4 members (excludes halogenated alkanes) is 8. The van der Waals surface area contributed by atoms with Crippen molar-refractivity contribution < 1.29 is 0 Å². The lowest BCUT2D eigenvalue weighted by molar-refractivity contribution is 0.302. The van der Waals surface area contributed by atoms with Crippen LogP contribution in [0.15, 0.2) is 54.6 Å². The summed E-state index contributed by atoms with van der Waals surface area (Å²) in [5.41, 5.74) is 7.30. The van der Waals surface area contributed by atoms with Gasteiger partial charge in [-0.25, -0.2) is 0 Å². The maximum atomic E-state index is 2.55. The topological polar surface area (TPSA) is 0 Å². The van der Waals surface area contributed by atoms with E-state index in [1.54, 1.807) is 11.1 Å². The van der Waals surface area contributed by atoms with Gasteiger partial charge < -0.3 is 0 Å². The Morgan fingerprint density at radius 3 is 1.66 bits per heavy atom. The van der Waals surface area contributed by atoms with Crippen LogP contribution in [0.25, 0.3) is 16.7 Å². The third kappa shape index (κ3) is 9.14. The van der Waals surface area contributed by atoms with Crippen molar-refractivity contribution in [3.8, 4) is 11.1 Å². The van der Waals surface area contributed by atoms with Crippen LogP contribution in [0.5, 0.6) is 0 Å². The van der Waals surface area contributed by atoms with Crippen molar-refractivity contribution in [3.05, 3.63) is 65.7 Å². The van der Waals surface area contributed by atoms with E-state index in [2.05, 4.69) is 68.5 Å². The summed E-state index contributed by atoms with van der Waals surface area (Å²) >= 11 is 0. The minimum absolute atomic E-state index is 0.779. The van der Waals surface area contributed by atoms with Gasteiger partial charge in [-0.15, -0.1) is 0 Å². The first-order chi connectivity index (χ1) is 18.8. The molecule has 0 spiro atoms. The van der Waals surface area contributed by atoms with Crippen LogP contribution in [0, 0.1) is 11.8 Å². The third-order valence-corrected chi connectivity index (χ3v) is 9.77. The van der Waals surface area contributed by atoms with Gasteiger partial charge in [0.1, 0.15) is 0 Å². The van der Waals surface area contributed by atoms with Crippen molar-refractivity contribution in [3.63, 3.8) is 0 Å². The first-order valence-electron chi connectivity index (χ1n) is 16.7. The van der Waals surface area contributed by atoms with Crippen molar-refractivity contribution >= 4 is 5.57 Å². The lowest BCUT2D eigenvalue weighted by Crippen LogP contribution is -2.13. The molecular weight excluding hydrogens is 456 g/mol. The van der Waals surface area contributed by atoms with E-state index in [1.165, 1.54) is 139 Å². The highest BCUT2D eigenvalue weighted by Gasteiger charge is 2.22. The van der Waals surface area contributed by atoms with Gasteiger partial charge in [-0.1, -0.05) is 146 Å². The Morgan fingerprint density at radius 1 is 0.526 bits per heavy atom. The van der Waals surface area contributed by atoms with E-state index in [0.29, 0.717) is 0 Å². The molecule has 4 rings (SSSR count). The molecule has 2 aromatic rings.